The van der Waals surface area contributed by atoms with Gasteiger partial charge in [0.15, 0.2) is 0 Å². The zero-order valence-electron chi connectivity index (χ0n) is 11.9. The predicted molar refractivity (Wildman–Crippen MR) is 78.7 cm³/mol. The van der Waals surface area contributed by atoms with Crippen LogP contribution in [0.5, 0.6) is 0 Å². The summed E-state index contributed by atoms with van der Waals surface area (Å²) in [5, 5.41) is 5.86. The fraction of sp³-hybridized carbons (Fsp3) is 0.286. The van der Waals surface area contributed by atoms with Crippen molar-refractivity contribution in [3.8, 4) is 0 Å². The van der Waals surface area contributed by atoms with Gasteiger partial charge in [0.05, 0.1) is 5.69 Å². The molecule has 1 aromatic heterocycles. The van der Waals surface area contributed by atoms with Crippen LogP contribution in [0.1, 0.15) is 0 Å². The Balaban J connectivity index is 2.03. The summed E-state index contributed by atoms with van der Waals surface area (Å²) in [6.45, 7) is 1.59. The molecule has 21 heavy (non-hydrogen) atoms. The second kappa shape index (κ2) is 6.94. The van der Waals surface area contributed by atoms with Gasteiger partial charge in [-0.2, -0.15) is 4.98 Å². The SMILES string of the molecule is CN(C)CCNc1ccnc(Nc2ccc(F)cc2F)n1. The number of aromatic nitrogens is 2. The van der Waals surface area contributed by atoms with Gasteiger partial charge in [0, 0.05) is 25.4 Å². The van der Waals surface area contributed by atoms with Crippen molar-refractivity contribution in [1.29, 1.82) is 0 Å². The van der Waals surface area contributed by atoms with E-state index >= 15 is 0 Å². The minimum Gasteiger partial charge on any atom is -0.369 e. The molecule has 0 bridgehead atoms. The summed E-state index contributed by atoms with van der Waals surface area (Å²) < 4.78 is 26.4. The van der Waals surface area contributed by atoms with Crippen molar-refractivity contribution >= 4 is 17.5 Å². The number of nitrogens with one attached hydrogen (secondary N) is 2. The summed E-state index contributed by atoms with van der Waals surface area (Å²) in [4.78, 5) is 10.3. The number of hydrogen-bond acceptors (Lipinski definition) is 5. The molecule has 0 aliphatic rings. The van der Waals surface area contributed by atoms with Gasteiger partial charge in [0.2, 0.25) is 5.95 Å². The van der Waals surface area contributed by atoms with E-state index in [1.807, 2.05) is 19.0 Å². The van der Waals surface area contributed by atoms with E-state index in [1.165, 1.54) is 12.1 Å². The smallest absolute Gasteiger partial charge is 0.229 e. The van der Waals surface area contributed by atoms with Crippen LogP contribution in [0.4, 0.5) is 26.2 Å². The van der Waals surface area contributed by atoms with Gasteiger partial charge in [-0.25, -0.2) is 13.8 Å². The second-order valence-electron chi connectivity index (χ2n) is 4.74. The van der Waals surface area contributed by atoms with Crippen molar-refractivity contribution in [3.63, 3.8) is 0 Å². The number of benzene rings is 1. The molecule has 0 radical (unpaired) electrons. The number of anilines is 3. The van der Waals surface area contributed by atoms with E-state index in [4.69, 9.17) is 0 Å². The van der Waals surface area contributed by atoms with E-state index in [9.17, 15) is 8.78 Å². The van der Waals surface area contributed by atoms with Crippen LogP contribution in [0.25, 0.3) is 0 Å². The molecule has 112 valence electrons. The van der Waals surface area contributed by atoms with Crippen LogP contribution < -0.4 is 10.6 Å². The molecule has 0 saturated carbocycles. The lowest BCUT2D eigenvalue weighted by atomic mass is 10.3. The van der Waals surface area contributed by atoms with Crippen LogP contribution in [0.15, 0.2) is 30.5 Å². The van der Waals surface area contributed by atoms with Gasteiger partial charge in [-0.15, -0.1) is 0 Å². The van der Waals surface area contributed by atoms with Gasteiger partial charge >= 0.3 is 0 Å². The van der Waals surface area contributed by atoms with Crippen LogP contribution >= 0.6 is 0 Å². The molecule has 1 aromatic carbocycles. The van der Waals surface area contributed by atoms with E-state index in [2.05, 4.69) is 20.6 Å². The van der Waals surface area contributed by atoms with Crippen LogP contribution in [-0.4, -0.2) is 42.1 Å². The number of nitrogens with zero attached hydrogens (tertiary/aromatic N) is 3. The van der Waals surface area contributed by atoms with E-state index < -0.39 is 11.6 Å². The minimum absolute atomic E-state index is 0.127. The number of hydrogen-bond donors (Lipinski definition) is 2. The monoisotopic (exact) mass is 293 g/mol. The van der Waals surface area contributed by atoms with Crippen LogP contribution in [0.3, 0.4) is 0 Å². The van der Waals surface area contributed by atoms with Gasteiger partial charge in [0.25, 0.3) is 0 Å². The Morgan fingerprint density at radius 2 is 2.00 bits per heavy atom. The maximum absolute atomic E-state index is 13.5. The molecule has 0 fully saturated rings. The molecule has 0 saturated heterocycles. The predicted octanol–water partition coefficient (Wildman–Crippen LogP) is 2.47. The van der Waals surface area contributed by atoms with Crippen molar-refractivity contribution in [1.82, 2.24) is 14.9 Å². The molecule has 0 amide bonds. The Morgan fingerprint density at radius 3 is 2.71 bits per heavy atom. The Labute approximate surface area is 122 Å². The Hall–Kier alpha value is -2.28. The first-order chi connectivity index (χ1) is 10.0. The lowest BCUT2D eigenvalue weighted by Crippen LogP contribution is -2.21. The van der Waals surface area contributed by atoms with Crippen molar-refractivity contribution in [2.45, 2.75) is 0 Å². The Kier molecular flexibility index (Phi) is 4.99. The highest BCUT2D eigenvalue weighted by Crippen LogP contribution is 2.18. The topological polar surface area (TPSA) is 53.1 Å². The highest BCUT2D eigenvalue weighted by atomic mass is 19.1. The number of rotatable bonds is 6. The highest BCUT2D eigenvalue weighted by Gasteiger charge is 2.06. The molecular formula is C14H17F2N5. The first-order valence-corrected chi connectivity index (χ1v) is 6.48. The van der Waals surface area contributed by atoms with Gasteiger partial charge in [-0.3, -0.25) is 0 Å². The van der Waals surface area contributed by atoms with Crippen molar-refractivity contribution in [2.24, 2.45) is 0 Å². The van der Waals surface area contributed by atoms with Crippen molar-refractivity contribution < 1.29 is 8.78 Å². The van der Waals surface area contributed by atoms with Crippen LogP contribution in [-0.2, 0) is 0 Å². The zero-order valence-corrected chi connectivity index (χ0v) is 11.9. The molecule has 1 heterocycles. The second-order valence-corrected chi connectivity index (χ2v) is 4.74. The fourth-order valence-electron chi connectivity index (χ4n) is 1.64. The summed E-state index contributed by atoms with van der Waals surface area (Å²) in [7, 11) is 3.96. The van der Waals surface area contributed by atoms with Crippen molar-refractivity contribution in [2.75, 3.05) is 37.8 Å². The van der Waals surface area contributed by atoms with Crippen molar-refractivity contribution in [3.05, 3.63) is 42.1 Å². The molecule has 0 aliphatic heterocycles. The third-order valence-electron chi connectivity index (χ3n) is 2.70. The summed E-state index contributed by atoms with van der Waals surface area (Å²) in [6.07, 6.45) is 1.56. The molecule has 0 aliphatic carbocycles. The summed E-state index contributed by atoms with van der Waals surface area (Å²) in [5.74, 6) is -0.435. The molecule has 0 spiro atoms. The lowest BCUT2D eigenvalue weighted by Gasteiger charge is -2.11. The van der Waals surface area contributed by atoms with Gasteiger partial charge in [-0.1, -0.05) is 0 Å². The molecule has 2 aromatic rings. The Bertz CT molecular complexity index is 604. The molecule has 5 nitrogen and oxygen atoms in total. The Morgan fingerprint density at radius 1 is 1.19 bits per heavy atom. The molecule has 0 unspecified atom stereocenters. The third kappa shape index (κ3) is 4.64. The van der Waals surface area contributed by atoms with Gasteiger partial charge in [-0.05, 0) is 32.3 Å². The van der Waals surface area contributed by atoms with E-state index in [-0.39, 0.29) is 11.6 Å². The maximum Gasteiger partial charge on any atom is 0.229 e. The average molecular weight is 293 g/mol. The van der Waals surface area contributed by atoms with E-state index in [0.717, 1.165) is 19.2 Å². The fourth-order valence-corrected chi connectivity index (χ4v) is 1.64. The van der Waals surface area contributed by atoms with Crippen LogP contribution in [0.2, 0.25) is 0 Å². The standard InChI is InChI=1S/C14H17F2N5/c1-21(2)8-7-17-13-5-6-18-14(20-13)19-12-4-3-10(15)9-11(12)16/h3-6,9H,7-8H2,1-2H3,(H2,17,18,19,20). The van der Waals surface area contributed by atoms with Crippen LogP contribution in [0, 0.1) is 11.6 Å². The molecule has 0 atom stereocenters. The quantitative estimate of drug-likeness (QED) is 0.857. The first kappa shape index (κ1) is 15.1. The summed E-state index contributed by atoms with van der Waals surface area (Å²) >= 11 is 0. The minimum atomic E-state index is -0.690. The molecule has 2 rings (SSSR count). The number of likely N-dealkylation sites (N-methyl/N-ethyl adjacent to an activating group) is 1. The lowest BCUT2D eigenvalue weighted by molar-refractivity contribution is 0.425. The molecular weight excluding hydrogens is 276 g/mol. The first-order valence-electron chi connectivity index (χ1n) is 6.48. The zero-order chi connectivity index (χ0) is 15.2. The summed E-state index contributed by atoms with van der Waals surface area (Å²) in [6, 6.07) is 5.01. The normalized spacial score (nSPS) is 10.7. The van der Waals surface area contributed by atoms with E-state index in [0.29, 0.717) is 5.82 Å². The van der Waals surface area contributed by atoms with E-state index in [1.54, 1.807) is 12.3 Å². The number of halogens is 2. The highest BCUT2D eigenvalue weighted by molar-refractivity contribution is 5.55. The maximum atomic E-state index is 13.5. The largest absolute Gasteiger partial charge is 0.369 e. The molecule has 7 heteroatoms. The molecule has 2 N–H and O–H groups in total. The average Bonchev–Trinajstić information content (AvgIpc) is 2.42. The van der Waals surface area contributed by atoms with Gasteiger partial charge in [0.1, 0.15) is 17.5 Å². The summed E-state index contributed by atoms with van der Waals surface area (Å²) in [5.41, 5.74) is 0.127. The third-order valence-corrected chi connectivity index (χ3v) is 2.70. The van der Waals surface area contributed by atoms with Gasteiger partial charge < -0.3 is 15.5 Å².